The number of nitriles is 1. The molecule has 3 heteroatoms. The van der Waals surface area contributed by atoms with Gasteiger partial charge >= 0.3 is 0 Å². The molecule has 0 aliphatic carbocycles. The van der Waals surface area contributed by atoms with Crippen molar-refractivity contribution in [2.75, 3.05) is 5.32 Å². The van der Waals surface area contributed by atoms with Crippen LogP contribution in [-0.2, 0) is 0 Å². The lowest BCUT2D eigenvalue weighted by Crippen LogP contribution is -2.31. The maximum Gasteiger partial charge on any atom is 0.0634 e. The number of nitrogens with one attached hydrogen (secondary N) is 1. The number of rotatable bonds is 1. The van der Waals surface area contributed by atoms with Crippen LogP contribution in [0.2, 0.25) is 0 Å². The lowest BCUT2D eigenvalue weighted by Gasteiger charge is -2.30. The number of nitrogens with zero attached hydrogens (tertiary/aromatic N) is 1. The van der Waals surface area contributed by atoms with Crippen molar-refractivity contribution in [1.29, 1.82) is 5.26 Å². The molecular weight excluding hydrogens is 204 g/mol. The predicted molar refractivity (Wildman–Crippen MR) is 64.1 cm³/mol. The third-order valence-corrected chi connectivity index (χ3v) is 4.13. The first-order valence-electron chi connectivity index (χ1n) is 5.11. The van der Waals surface area contributed by atoms with Crippen molar-refractivity contribution in [3.8, 4) is 6.07 Å². The number of anilines is 1. The molecular formula is C12H14N2S. The number of benzene rings is 1. The summed E-state index contributed by atoms with van der Waals surface area (Å²) in [5, 5.41) is 12.6. The van der Waals surface area contributed by atoms with Crippen molar-refractivity contribution >= 4 is 17.4 Å². The standard InChI is InChI=1S/C12H14N2S/c1-8-3-4-12-10(7-8)14-9(2)11(15-12)5-6-13/h3-4,7,9,11,14H,5H2,1-2H3. The first-order valence-corrected chi connectivity index (χ1v) is 5.99. The van der Waals surface area contributed by atoms with E-state index in [1.165, 1.54) is 16.1 Å². The van der Waals surface area contributed by atoms with E-state index in [-0.39, 0.29) is 0 Å². The summed E-state index contributed by atoms with van der Waals surface area (Å²) in [6.45, 7) is 4.24. The van der Waals surface area contributed by atoms with Gasteiger partial charge in [-0.2, -0.15) is 5.26 Å². The van der Waals surface area contributed by atoms with E-state index in [9.17, 15) is 0 Å². The summed E-state index contributed by atoms with van der Waals surface area (Å²) in [6.07, 6.45) is 0.603. The van der Waals surface area contributed by atoms with Crippen molar-refractivity contribution < 1.29 is 0 Å². The quantitative estimate of drug-likeness (QED) is 0.786. The fourth-order valence-corrected chi connectivity index (χ4v) is 2.92. The predicted octanol–water partition coefficient (Wildman–Crippen LogP) is 3.18. The molecule has 15 heavy (non-hydrogen) atoms. The maximum absolute atomic E-state index is 8.74. The van der Waals surface area contributed by atoms with E-state index < -0.39 is 0 Å². The van der Waals surface area contributed by atoms with Crippen molar-refractivity contribution in [2.45, 2.75) is 36.5 Å². The molecule has 2 unspecified atom stereocenters. The fraction of sp³-hybridized carbons (Fsp3) is 0.417. The summed E-state index contributed by atoms with van der Waals surface area (Å²) in [7, 11) is 0. The van der Waals surface area contributed by atoms with Crippen LogP contribution in [0.5, 0.6) is 0 Å². The Morgan fingerprint density at radius 2 is 2.33 bits per heavy atom. The number of fused-ring (bicyclic) bond motifs is 1. The Morgan fingerprint density at radius 3 is 3.07 bits per heavy atom. The van der Waals surface area contributed by atoms with Crippen molar-refractivity contribution in [3.63, 3.8) is 0 Å². The molecule has 1 aromatic carbocycles. The highest BCUT2D eigenvalue weighted by Gasteiger charge is 2.24. The summed E-state index contributed by atoms with van der Waals surface area (Å²) in [4.78, 5) is 1.26. The molecule has 0 aromatic heterocycles. The normalized spacial score (nSPS) is 23.8. The second-order valence-electron chi connectivity index (χ2n) is 3.95. The van der Waals surface area contributed by atoms with Crippen LogP contribution in [0.25, 0.3) is 0 Å². The maximum atomic E-state index is 8.74. The van der Waals surface area contributed by atoms with Gasteiger partial charge in [-0.15, -0.1) is 11.8 Å². The zero-order valence-corrected chi connectivity index (χ0v) is 9.77. The Hall–Kier alpha value is -1.14. The first-order chi connectivity index (χ1) is 7.20. The van der Waals surface area contributed by atoms with Gasteiger partial charge in [-0.25, -0.2) is 0 Å². The zero-order chi connectivity index (χ0) is 10.8. The highest BCUT2D eigenvalue weighted by Crippen LogP contribution is 2.39. The Kier molecular flexibility index (Phi) is 2.88. The van der Waals surface area contributed by atoms with Crippen LogP contribution in [0.15, 0.2) is 23.1 Å². The van der Waals surface area contributed by atoms with Crippen LogP contribution < -0.4 is 5.32 Å². The van der Waals surface area contributed by atoms with Gasteiger partial charge in [-0.05, 0) is 31.5 Å². The molecule has 0 saturated carbocycles. The molecule has 2 nitrogen and oxygen atoms in total. The Labute approximate surface area is 94.7 Å². The third-order valence-electron chi connectivity index (χ3n) is 2.65. The number of hydrogen-bond acceptors (Lipinski definition) is 3. The van der Waals surface area contributed by atoms with E-state index in [1.807, 2.05) is 11.8 Å². The van der Waals surface area contributed by atoms with Gasteiger partial charge in [0.1, 0.15) is 0 Å². The minimum Gasteiger partial charge on any atom is -0.381 e. The van der Waals surface area contributed by atoms with Crippen molar-refractivity contribution in [3.05, 3.63) is 23.8 Å². The molecule has 0 radical (unpaired) electrons. The second kappa shape index (κ2) is 4.16. The molecule has 1 aliphatic heterocycles. The van der Waals surface area contributed by atoms with E-state index >= 15 is 0 Å². The van der Waals surface area contributed by atoms with Crippen LogP contribution in [0, 0.1) is 18.3 Å². The monoisotopic (exact) mass is 218 g/mol. The summed E-state index contributed by atoms with van der Waals surface area (Å²) in [5.41, 5.74) is 2.48. The highest BCUT2D eigenvalue weighted by molar-refractivity contribution is 8.00. The average molecular weight is 218 g/mol. The fourth-order valence-electron chi connectivity index (χ4n) is 1.77. The van der Waals surface area contributed by atoms with E-state index in [1.54, 1.807) is 0 Å². The molecule has 0 amide bonds. The minimum absolute atomic E-state index is 0.365. The number of thioether (sulfide) groups is 1. The Morgan fingerprint density at radius 1 is 1.53 bits per heavy atom. The smallest absolute Gasteiger partial charge is 0.0634 e. The topological polar surface area (TPSA) is 35.8 Å². The summed E-state index contributed by atoms with van der Waals surface area (Å²) < 4.78 is 0. The van der Waals surface area contributed by atoms with Crippen LogP contribution >= 0.6 is 11.8 Å². The molecule has 0 spiro atoms. The van der Waals surface area contributed by atoms with Gasteiger partial charge in [0.25, 0.3) is 0 Å². The largest absolute Gasteiger partial charge is 0.381 e. The van der Waals surface area contributed by atoms with Crippen LogP contribution in [0.4, 0.5) is 5.69 Å². The lowest BCUT2D eigenvalue weighted by atomic mass is 10.1. The molecule has 1 N–H and O–H groups in total. The van der Waals surface area contributed by atoms with Gasteiger partial charge in [0.05, 0.1) is 6.07 Å². The van der Waals surface area contributed by atoms with Gasteiger partial charge in [-0.3, -0.25) is 0 Å². The Bertz CT molecular complexity index is 409. The summed E-state index contributed by atoms with van der Waals surface area (Å²) >= 11 is 1.81. The molecule has 2 atom stereocenters. The first kappa shape index (κ1) is 10.4. The van der Waals surface area contributed by atoms with Gasteiger partial charge < -0.3 is 5.32 Å². The molecule has 0 bridgehead atoms. The summed E-state index contributed by atoms with van der Waals surface area (Å²) in [5.74, 6) is 0. The van der Waals surface area contributed by atoms with E-state index in [2.05, 4.69) is 43.4 Å². The molecule has 1 aromatic rings. The number of aryl methyl sites for hydroxylation is 1. The molecule has 78 valence electrons. The van der Waals surface area contributed by atoms with Crippen LogP contribution in [0.1, 0.15) is 18.9 Å². The Balaban J connectivity index is 2.26. The number of hydrogen-bond donors (Lipinski definition) is 1. The van der Waals surface area contributed by atoms with Crippen LogP contribution in [0.3, 0.4) is 0 Å². The molecule has 0 saturated heterocycles. The second-order valence-corrected chi connectivity index (χ2v) is 5.23. The molecule has 1 aliphatic rings. The molecule has 2 rings (SSSR count). The van der Waals surface area contributed by atoms with Gasteiger partial charge in [-0.1, -0.05) is 6.07 Å². The van der Waals surface area contributed by atoms with Gasteiger partial charge in [0, 0.05) is 28.3 Å². The summed E-state index contributed by atoms with van der Waals surface area (Å²) in [6, 6.07) is 9.04. The molecule has 0 fully saturated rings. The highest BCUT2D eigenvalue weighted by atomic mass is 32.2. The van der Waals surface area contributed by atoms with E-state index in [0.29, 0.717) is 17.7 Å². The van der Waals surface area contributed by atoms with Crippen LogP contribution in [-0.4, -0.2) is 11.3 Å². The lowest BCUT2D eigenvalue weighted by molar-refractivity contribution is 0.729. The van der Waals surface area contributed by atoms with Gasteiger partial charge in [0.2, 0.25) is 0 Å². The van der Waals surface area contributed by atoms with E-state index in [4.69, 9.17) is 5.26 Å². The zero-order valence-electron chi connectivity index (χ0n) is 8.95. The van der Waals surface area contributed by atoms with E-state index in [0.717, 1.165) is 0 Å². The molecule has 1 heterocycles. The average Bonchev–Trinajstić information content (AvgIpc) is 2.20. The SMILES string of the molecule is Cc1ccc2c(c1)NC(C)C(CC#N)S2. The van der Waals surface area contributed by atoms with Crippen molar-refractivity contribution in [1.82, 2.24) is 0 Å². The third kappa shape index (κ3) is 2.10. The van der Waals surface area contributed by atoms with Crippen molar-refractivity contribution in [2.24, 2.45) is 0 Å². The minimum atomic E-state index is 0.365. The van der Waals surface area contributed by atoms with Gasteiger partial charge in [0.15, 0.2) is 0 Å².